The van der Waals surface area contributed by atoms with Crippen LogP contribution in [0.25, 0.3) is 23.2 Å². The van der Waals surface area contributed by atoms with Crippen molar-refractivity contribution in [3.05, 3.63) is 23.4 Å². The Balaban J connectivity index is 1.84. The molecule has 142 valence electrons. The maximum absolute atomic E-state index is 13.3. The van der Waals surface area contributed by atoms with E-state index in [0.717, 1.165) is 24.5 Å². The lowest BCUT2D eigenvalue weighted by Crippen LogP contribution is -2.13. The number of nitrogens with two attached hydrogens (primary N) is 1. The first-order valence-electron chi connectivity index (χ1n) is 8.30. The van der Waals surface area contributed by atoms with Gasteiger partial charge in [-0.15, -0.1) is 10.2 Å². The smallest absolute Gasteiger partial charge is 0.421 e. The lowest BCUT2D eigenvalue weighted by atomic mass is 10.1. The molecule has 0 spiro atoms. The summed E-state index contributed by atoms with van der Waals surface area (Å²) in [6, 6.07) is 0.773. The maximum atomic E-state index is 13.3. The average molecular weight is 380 g/mol. The molecule has 0 aliphatic carbocycles. The molecule has 4 heterocycles. The number of aryl methyl sites for hydroxylation is 1. The Hall–Kier alpha value is -3.11. The number of hydrogen-bond acceptors (Lipinski definition) is 7. The Morgan fingerprint density at radius 1 is 1.11 bits per heavy atom. The van der Waals surface area contributed by atoms with Crippen molar-refractivity contribution in [3.8, 4) is 29.0 Å². The molecule has 0 fully saturated rings. The van der Waals surface area contributed by atoms with Crippen LogP contribution in [0.5, 0.6) is 5.88 Å². The predicted octanol–water partition coefficient (Wildman–Crippen LogP) is 3.23. The molecule has 1 aliphatic rings. The number of aromatic nitrogens is 5. The Morgan fingerprint density at radius 2 is 1.93 bits per heavy atom. The van der Waals surface area contributed by atoms with Crippen LogP contribution >= 0.6 is 0 Å². The van der Waals surface area contributed by atoms with E-state index in [2.05, 4.69) is 25.4 Å². The van der Waals surface area contributed by atoms with Crippen molar-refractivity contribution in [2.45, 2.75) is 31.9 Å². The minimum Gasteiger partial charge on any atom is -0.477 e. The van der Waals surface area contributed by atoms with Crippen molar-refractivity contribution in [2.75, 3.05) is 12.3 Å². The van der Waals surface area contributed by atoms with Crippen molar-refractivity contribution >= 4 is 5.69 Å². The summed E-state index contributed by atoms with van der Waals surface area (Å²) in [6.07, 6.45) is -0.0880. The summed E-state index contributed by atoms with van der Waals surface area (Å²) in [5, 5.41) is 14.6. The second kappa shape index (κ2) is 6.56. The topological polar surface area (TPSA) is 116 Å². The van der Waals surface area contributed by atoms with Crippen molar-refractivity contribution < 1.29 is 22.3 Å². The zero-order chi connectivity index (χ0) is 19.0. The molecular weight excluding hydrogens is 365 g/mol. The molecule has 0 radical (unpaired) electrons. The second-order valence-electron chi connectivity index (χ2n) is 6.12. The van der Waals surface area contributed by atoms with E-state index >= 15 is 0 Å². The highest BCUT2D eigenvalue weighted by molar-refractivity contribution is 5.69. The van der Waals surface area contributed by atoms with Crippen molar-refractivity contribution in [1.29, 1.82) is 0 Å². The third-order valence-electron chi connectivity index (χ3n) is 4.21. The highest BCUT2D eigenvalue weighted by Crippen LogP contribution is 2.39. The normalized spacial score (nSPS) is 14.9. The summed E-state index contributed by atoms with van der Waals surface area (Å²) in [6.45, 7) is 0.104. The Morgan fingerprint density at radius 3 is 2.74 bits per heavy atom. The highest BCUT2D eigenvalue weighted by Gasteiger charge is 2.37. The van der Waals surface area contributed by atoms with Gasteiger partial charge in [0.05, 0.1) is 18.5 Å². The van der Waals surface area contributed by atoms with E-state index in [1.54, 1.807) is 6.20 Å². The van der Waals surface area contributed by atoms with Crippen LogP contribution < -0.4 is 10.5 Å². The number of fused-ring (bicyclic) bond motifs is 7. The van der Waals surface area contributed by atoms with Crippen LogP contribution in [0.4, 0.5) is 18.9 Å². The van der Waals surface area contributed by atoms with Crippen LogP contribution in [-0.2, 0) is 12.6 Å². The maximum Gasteiger partial charge on any atom is 0.421 e. The third kappa shape index (κ3) is 3.32. The van der Waals surface area contributed by atoms with Gasteiger partial charge in [0.1, 0.15) is 11.3 Å². The molecule has 4 bridgehead atoms. The van der Waals surface area contributed by atoms with Gasteiger partial charge < -0.3 is 14.9 Å². The Kier molecular flexibility index (Phi) is 4.21. The van der Waals surface area contributed by atoms with Crippen LogP contribution in [0.2, 0.25) is 0 Å². The average Bonchev–Trinajstić information content (AvgIpc) is 3.26. The monoisotopic (exact) mass is 380 g/mol. The lowest BCUT2D eigenvalue weighted by molar-refractivity contribution is -0.139. The number of nitrogens with one attached hydrogen (secondary N) is 1. The number of rotatable bonds is 0. The first-order valence-corrected chi connectivity index (χ1v) is 8.30. The molecule has 0 saturated carbocycles. The van der Waals surface area contributed by atoms with Gasteiger partial charge in [-0.05, 0) is 31.7 Å². The molecule has 0 aromatic carbocycles. The standard InChI is InChI=1S/C16H15F3N6O2/c17-16(18,19)9-6-10(20)12-15-25-24-14(27-15)11-8(7-21-23-11)4-2-1-3-5-26-13(9)22-12/h6-7H,1-5,20H2,(H,21,23). The van der Waals surface area contributed by atoms with Crippen LogP contribution in [0, 0.1) is 0 Å². The Labute approximate surface area is 150 Å². The molecule has 4 rings (SSSR count). The number of H-pyrrole nitrogens is 1. The summed E-state index contributed by atoms with van der Waals surface area (Å²) in [5.41, 5.74) is 5.94. The van der Waals surface area contributed by atoms with Crippen molar-refractivity contribution in [1.82, 2.24) is 25.4 Å². The van der Waals surface area contributed by atoms with Gasteiger partial charge >= 0.3 is 6.18 Å². The fraction of sp³-hybridized carbons (Fsp3) is 0.375. The largest absolute Gasteiger partial charge is 0.477 e. The third-order valence-corrected chi connectivity index (χ3v) is 4.21. The number of nitrogen functional groups attached to an aromatic ring is 1. The molecule has 3 N–H and O–H groups in total. The first-order chi connectivity index (χ1) is 12.9. The van der Waals surface area contributed by atoms with Gasteiger partial charge in [-0.1, -0.05) is 0 Å². The quantitative estimate of drug-likeness (QED) is 0.615. The molecule has 0 unspecified atom stereocenters. The molecular formula is C16H15F3N6O2. The van der Waals surface area contributed by atoms with Gasteiger partial charge in [0.2, 0.25) is 5.88 Å². The van der Waals surface area contributed by atoms with E-state index in [9.17, 15) is 13.2 Å². The fourth-order valence-corrected chi connectivity index (χ4v) is 2.87. The van der Waals surface area contributed by atoms with Gasteiger partial charge in [0.15, 0.2) is 5.69 Å². The number of ether oxygens (including phenoxy) is 1. The molecule has 3 aromatic heterocycles. The van der Waals surface area contributed by atoms with E-state index in [4.69, 9.17) is 14.9 Å². The van der Waals surface area contributed by atoms with Crippen LogP contribution in [0.1, 0.15) is 30.4 Å². The number of pyridine rings is 1. The Bertz CT molecular complexity index is 965. The van der Waals surface area contributed by atoms with Crippen LogP contribution in [-0.4, -0.2) is 32.0 Å². The predicted molar refractivity (Wildman–Crippen MR) is 87.6 cm³/mol. The second-order valence-corrected chi connectivity index (χ2v) is 6.12. The zero-order valence-corrected chi connectivity index (χ0v) is 14.0. The number of alkyl halides is 3. The number of nitrogens with zero attached hydrogens (tertiary/aromatic N) is 4. The summed E-state index contributed by atoms with van der Waals surface area (Å²) in [7, 11) is 0. The van der Waals surface area contributed by atoms with E-state index in [1.807, 2.05) is 0 Å². The summed E-state index contributed by atoms with van der Waals surface area (Å²) in [4.78, 5) is 3.93. The van der Waals surface area contributed by atoms with Crippen LogP contribution in [0.15, 0.2) is 16.7 Å². The van der Waals surface area contributed by atoms with Gasteiger partial charge in [-0.25, -0.2) is 4.98 Å². The minimum absolute atomic E-state index is 0.0603. The van der Waals surface area contributed by atoms with Crippen LogP contribution in [0.3, 0.4) is 0 Å². The minimum atomic E-state index is -4.65. The van der Waals surface area contributed by atoms with E-state index in [1.165, 1.54) is 0 Å². The van der Waals surface area contributed by atoms with Gasteiger partial charge in [0.25, 0.3) is 11.8 Å². The molecule has 3 aromatic rings. The number of halogens is 3. The van der Waals surface area contributed by atoms with Gasteiger partial charge in [-0.2, -0.15) is 18.3 Å². The molecule has 0 amide bonds. The molecule has 11 heteroatoms. The molecule has 0 saturated heterocycles. The summed E-state index contributed by atoms with van der Waals surface area (Å²) in [5.74, 6) is -0.484. The fourth-order valence-electron chi connectivity index (χ4n) is 2.87. The zero-order valence-electron chi connectivity index (χ0n) is 14.0. The van der Waals surface area contributed by atoms with E-state index < -0.39 is 17.6 Å². The SMILES string of the molecule is Nc1cc(C(F)(F)F)c2nc1-c1nnc(o1)-c1[nH]ncc1CCCCCO2. The van der Waals surface area contributed by atoms with E-state index in [0.29, 0.717) is 18.5 Å². The number of anilines is 1. The lowest BCUT2D eigenvalue weighted by Gasteiger charge is -2.15. The number of hydrogen-bond donors (Lipinski definition) is 2. The summed E-state index contributed by atoms with van der Waals surface area (Å²) >= 11 is 0. The van der Waals surface area contributed by atoms with Gasteiger partial charge in [0, 0.05) is 5.56 Å². The van der Waals surface area contributed by atoms with E-state index in [-0.39, 0.29) is 29.8 Å². The highest BCUT2D eigenvalue weighted by atomic mass is 19.4. The van der Waals surface area contributed by atoms with Crippen molar-refractivity contribution in [3.63, 3.8) is 0 Å². The number of aromatic amines is 1. The molecule has 27 heavy (non-hydrogen) atoms. The first kappa shape index (κ1) is 17.3. The molecule has 0 atom stereocenters. The molecule has 8 nitrogen and oxygen atoms in total. The molecule has 1 aliphatic heterocycles. The van der Waals surface area contributed by atoms with Crippen molar-refractivity contribution in [2.24, 2.45) is 0 Å². The summed E-state index contributed by atoms with van der Waals surface area (Å²) < 4.78 is 50.8. The van der Waals surface area contributed by atoms with Gasteiger partial charge in [-0.3, -0.25) is 5.10 Å².